The fraction of sp³-hybridized carbons (Fsp3) is 0.125. The summed E-state index contributed by atoms with van der Waals surface area (Å²) < 4.78 is 17.4. The standard InChI is InChI=1S/C8H5FN2O5/c1-16-8(12)4-2-5(9)7(11(14)15)3-6(4)10-13/h2-3H,1H3. The van der Waals surface area contributed by atoms with Gasteiger partial charge in [-0.2, -0.15) is 4.39 Å². The molecule has 0 aliphatic heterocycles. The zero-order chi connectivity index (χ0) is 12.3. The minimum Gasteiger partial charge on any atom is -0.465 e. The average molecular weight is 228 g/mol. The predicted molar refractivity (Wildman–Crippen MR) is 49.8 cm³/mol. The first-order valence-electron chi connectivity index (χ1n) is 3.91. The van der Waals surface area contributed by atoms with Crippen LogP contribution in [0.2, 0.25) is 0 Å². The first kappa shape index (κ1) is 11.7. The van der Waals surface area contributed by atoms with Crippen molar-refractivity contribution < 1.29 is 18.8 Å². The van der Waals surface area contributed by atoms with Gasteiger partial charge < -0.3 is 4.74 Å². The van der Waals surface area contributed by atoms with E-state index in [4.69, 9.17) is 0 Å². The number of carbonyl (C=O) groups excluding carboxylic acids is 1. The molecular formula is C8H5FN2O5. The first-order valence-corrected chi connectivity index (χ1v) is 3.91. The highest BCUT2D eigenvalue weighted by Crippen LogP contribution is 2.28. The van der Waals surface area contributed by atoms with Crippen molar-refractivity contribution in [2.75, 3.05) is 7.11 Å². The zero-order valence-corrected chi connectivity index (χ0v) is 7.97. The van der Waals surface area contributed by atoms with Gasteiger partial charge in [0.1, 0.15) is 5.69 Å². The third-order valence-electron chi connectivity index (χ3n) is 1.77. The molecule has 0 aliphatic rings. The van der Waals surface area contributed by atoms with E-state index in [2.05, 4.69) is 9.91 Å². The Bertz CT molecular complexity index is 474. The van der Waals surface area contributed by atoms with Gasteiger partial charge in [0.15, 0.2) is 0 Å². The number of nitro groups is 1. The van der Waals surface area contributed by atoms with Gasteiger partial charge in [-0.1, -0.05) is 0 Å². The minimum atomic E-state index is -1.24. The highest BCUT2D eigenvalue weighted by molar-refractivity contribution is 5.95. The summed E-state index contributed by atoms with van der Waals surface area (Å²) in [6.07, 6.45) is 0. The molecule has 0 aromatic heterocycles. The van der Waals surface area contributed by atoms with E-state index in [1.165, 1.54) is 0 Å². The predicted octanol–water partition coefficient (Wildman–Crippen LogP) is 1.92. The summed E-state index contributed by atoms with van der Waals surface area (Å²) >= 11 is 0. The van der Waals surface area contributed by atoms with Crippen LogP contribution in [-0.2, 0) is 4.74 Å². The highest BCUT2D eigenvalue weighted by atomic mass is 19.1. The Balaban J connectivity index is 3.43. The monoisotopic (exact) mass is 228 g/mol. The first-order chi connectivity index (χ1) is 7.51. The Morgan fingerprint density at radius 1 is 1.56 bits per heavy atom. The van der Waals surface area contributed by atoms with E-state index in [1.807, 2.05) is 0 Å². The van der Waals surface area contributed by atoms with Gasteiger partial charge in [0.05, 0.1) is 17.6 Å². The van der Waals surface area contributed by atoms with Crippen molar-refractivity contribution in [2.45, 2.75) is 0 Å². The van der Waals surface area contributed by atoms with Crippen molar-refractivity contribution in [3.05, 3.63) is 38.5 Å². The van der Waals surface area contributed by atoms with E-state index in [-0.39, 0.29) is 0 Å². The smallest absolute Gasteiger partial charge is 0.340 e. The minimum absolute atomic E-state index is 0.458. The van der Waals surface area contributed by atoms with Crippen LogP contribution in [0.4, 0.5) is 15.8 Å². The summed E-state index contributed by atoms with van der Waals surface area (Å²) in [5.41, 5.74) is -1.93. The van der Waals surface area contributed by atoms with Crippen molar-refractivity contribution in [3.63, 3.8) is 0 Å². The quantitative estimate of drug-likeness (QED) is 0.340. The molecular weight excluding hydrogens is 223 g/mol. The summed E-state index contributed by atoms with van der Waals surface area (Å²) in [5.74, 6) is -2.24. The molecule has 0 bridgehead atoms. The number of nitrogens with zero attached hydrogens (tertiary/aromatic N) is 2. The molecule has 0 N–H and O–H groups in total. The fourth-order valence-electron chi connectivity index (χ4n) is 1.04. The molecule has 0 amide bonds. The summed E-state index contributed by atoms with van der Waals surface area (Å²) in [4.78, 5) is 30.7. The Labute approximate surface area is 87.9 Å². The van der Waals surface area contributed by atoms with E-state index in [9.17, 15) is 24.2 Å². The van der Waals surface area contributed by atoms with Gasteiger partial charge in [0.2, 0.25) is 5.82 Å². The zero-order valence-electron chi connectivity index (χ0n) is 7.97. The number of methoxy groups -OCH3 is 1. The number of nitro benzene ring substituents is 1. The van der Waals surface area contributed by atoms with Crippen molar-refractivity contribution in [1.82, 2.24) is 0 Å². The number of rotatable bonds is 3. The number of nitroso groups, excluding NO2 is 1. The van der Waals surface area contributed by atoms with Crippen LogP contribution in [0.15, 0.2) is 17.3 Å². The number of benzene rings is 1. The van der Waals surface area contributed by atoms with E-state index >= 15 is 0 Å². The third kappa shape index (κ3) is 2.00. The molecule has 0 spiro atoms. The summed E-state index contributed by atoms with van der Waals surface area (Å²) in [6, 6.07) is 1.12. The summed E-state index contributed by atoms with van der Waals surface area (Å²) in [7, 11) is 1.02. The van der Waals surface area contributed by atoms with E-state index in [0.29, 0.717) is 12.1 Å². The lowest BCUT2D eigenvalue weighted by molar-refractivity contribution is -0.387. The molecule has 0 aliphatic carbocycles. The molecule has 8 heteroatoms. The Morgan fingerprint density at radius 2 is 2.19 bits per heavy atom. The molecule has 0 radical (unpaired) electrons. The maximum Gasteiger partial charge on any atom is 0.340 e. The lowest BCUT2D eigenvalue weighted by Crippen LogP contribution is -2.03. The van der Waals surface area contributed by atoms with Crippen LogP contribution in [0.25, 0.3) is 0 Å². The van der Waals surface area contributed by atoms with Crippen molar-refractivity contribution >= 4 is 17.3 Å². The molecule has 1 rings (SSSR count). The Kier molecular flexibility index (Phi) is 3.24. The largest absolute Gasteiger partial charge is 0.465 e. The van der Waals surface area contributed by atoms with E-state index < -0.39 is 33.6 Å². The molecule has 0 heterocycles. The molecule has 0 saturated carbocycles. The molecule has 1 aromatic carbocycles. The lowest BCUT2D eigenvalue weighted by Gasteiger charge is -2.02. The van der Waals surface area contributed by atoms with E-state index in [0.717, 1.165) is 7.11 Å². The number of halogens is 1. The molecule has 0 fully saturated rings. The molecule has 1 aromatic rings. The maximum absolute atomic E-state index is 13.1. The SMILES string of the molecule is COC(=O)c1cc(F)c([N+](=O)[O-])cc1N=O. The van der Waals surface area contributed by atoms with Gasteiger partial charge >= 0.3 is 11.7 Å². The van der Waals surface area contributed by atoms with Crippen LogP contribution in [0.3, 0.4) is 0 Å². The Hall–Kier alpha value is -2.38. The molecule has 0 saturated heterocycles. The van der Waals surface area contributed by atoms with Crippen LogP contribution in [-0.4, -0.2) is 18.0 Å². The van der Waals surface area contributed by atoms with Crippen LogP contribution in [0, 0.1) is 20.8 Å². The number of hydrogen-bond donors (Lipinski definition) is 0. The van der Waals surface area contributed by atoms with Crippen LogP contribution < -0.4 is 0 Å². The van der Waals surface area contributed by atoms with Crippen LogP contribution in [0.5, 0.6) is 0 Å². The van der Waals surface area contributed by atoms with Crippen molar-refractivity contribution in [3.8, 4) is 0 Å². The topological polar surface area (TPSA) is 98.9 Å². The van der Waals surface area contributed by atoms with E-state index in [1.54, 1.807) is 0 Å². The highest BCUT2D eigenvalue weighted by Gasteiger charge is 2.22. The van der Waals surface area contributed by atoms with Gasteiger partial charge in [-0.15, -0.1) is 4.91 Å². The summed E-state index contributed by atoms with van der Waals surface area (Å²) in [5, 5.41) is 12.7. The maximum atomic E-state index is 13.1. The fourth-order valence-corrected chi connectivity index (χ4v) is 1.04. The summed E-state index contributed by atoms with van der Waals surface area (Å²) in [6.45, 7) is 0. The van der Waals surface area contributed by atoms with Gasteiger partial charge in [0.25, 0.3) is 0 Å². The molecule has 16 heavy (non-hydrogen) atoms. The number of ether oxygens (including phenoxy) is 1. The van der Waals surface area contributed by atoms with Gasteiger partial charge in [-0.3, -0.25) is 10.1 Å². The molecule has 0 atom stereocenters. The number of carbonyl (C=O) groups is 1. The average Bonchev–Trinajstić information content (AvgIpc) is 2.27. The van der Waals surface area contributed by atoms with Crippen LogP contribution in [0.1, 0.15) is 10.4 Å². The second-order valence-electron chi connectivity index (χ2n) is 2.66. The number of hydrogen-bond acceptors (Lipinski definition) is 6. The van der Waals surface area contributed by atoms with Gasteiger partial charge in [-0.25, -0.2) is 4.79 Å². The second kappa shape index (κ2) is 4.43. The number of esters is 1. The van der Waals surface area contributed by atoms with Crippen molar-refractivity contribution in [2.24, 2.45) is 5.18 Å². The van der Waals surface area contributed by atoms with Crippen LogP contribution >= 0.6 is 0 Å². The lowest BCUT2D eigenvalue weighted by atomic mass is 10.1. The molecule has 0 unspecified atom stereocenters. The molecule has 7 nitrogen and oxygen atoms in total. The van der Waals surface area contributed by atoms with Gasteiger partial charge in [0, 0.05) is 6.07 Å². The second-order valence-corrected chi connectivity index (χ2v) is 2.66. The third-order valence-corrected chi connectivity index (χ3v) is 1.77. The van der Waals surface area contributed by atoms with Crippen molar-refractivity contribution in [1.29, 1.82) is 0 Å². The molecule has 84 valence electrons. The normalized spacial score (nSPS) is 9.62. The Morgan fingerprint density at radius 3 is 2.62 bits per heavy atom. The van der Waals surface area contributed by atoms with Gasteiger partial charge in [-0.05, 0) is 11.2 Å².